The summed E-state index contributed by atoms with van der Waals surface area (Å²) >= 11 is 0. The topological polar surface area (TPSA) is 46.9 Å². The molecule has 4 nitrogen and oxygen atoms in total. The first kappa shape index (κ1) is 15.1. The molecule has 0 unspecified atom stereocenters. The fourth-order valence-electron chi connectivity index (χ4n) is 2.45. The molecule has 0 saturated carbocycles. The van der Waals surface area contributed by atoms with Crippen molar-refractivity contribution >= 4 is 16.8 Å². The zero-order chi connectivity index (χ0) is 16.6. The molecule has 0 radical (unpaired) electrons. The first-order chi connectivity index (χ1) is 10.9. The van der Waals surface area contributed by atoms with Crippen molar-refractivity contribution in [3.63, 3.8) is 0 Å². The zero-order valence-corrected chi connectivity index (χ0v) is 12.1. The minimum absolute atomic E-state index is 0.00891. The van der Waals surface area contributed by atoms with Crippen LogP contribution in [0.25, 0.3) is 22.0 Å². The van der Waals surface area contributed by atoms with Gasteiger partial charge in [-0.25, -0.2) is 0 Å². The van der Waals surface area contributed by atoms with Crippen LogP contribution in [0.4, 0.5) is 13.2 Å². The lowest BCUT2D eigenvalue weighted by Gasteiger charge is -2.08. The molecule has 0 atom stereocenters. The fourth-order valence-corrected chi connectivity index (χ4v) is 2.45. The molecule has 1 aromatic heterocycles. The highest BCUT2D eigenvalue weighted by molar-refractivity contribution is 5.97. The zero-order valence-electron chi connectivity index (χ0n) is 12.1. The molecule has 23 heavy (non-hydrogen) atoms. The molecule has 0 fully saturated rings. The number of hydrogen-bond donors (Lipinski definition) is 1. The Morgan fingerprint density at radius 2 is 1.83 bits per heavy atom. The Hall–Kier alpha value is -2.83. The predicted octanol–water partition coefficient (Wildman–Crippen LogP) is 3.54. The molecular weight excluding hydrogens is 307 g/mol. The molecule has 1 amide bonds. The summed E-state index contributed by atoms with van der Waals surface area (Å²) in [4.78, 5) is 11.5. The van der Waals surface area contributed by atoms with E-state index in [1.165, 1.54) is 19.3 Å². The molecule has 3 aromatic rings. The highest BCUT2D eigenvalue weighted by Gasteiger charge is 2.33. The lowest BCUT2D eigenvalue weighted by atomic mass is 10.0. The average Bonchev–Trinajstić information content (AvgIpc) is 2.98. The van der Waals surface area contributed by atoms with Crippen LogP contribution in [0.15, 0.2) is 48.7 Å². The molecule has 2 aromatic carbocycles. The van der Waals surface area contributed by atoms with E-state index in [1.807, 2.05) is 0 Å². The van der Waals surface area contributed by atoms with Gasteiger partial charge in [-0.1, -0.05) is 24.3 Å². The number of amides is 1. The first-order valence-corrected chi connectivity index (χ1v) is 6.78. The third kappa shape index (κ3) is 2.65. The van der Waals surface area contributed by atoms with Gasteiger partial charge in [0.15, 0.2) is 0 Å². The van der Waals surface area contributed by atoms with Gasteiger partial charge in [0, 0.05) is 18.0 Å². The summed E-state index contributed by atoms with van der Waals surface area (Å²) in [7, 11) is 1.53. The monoisotopic (exact) mass is 319 g/mol. The molecule has 0 aliphatic rings. The summed E-state index contributed by atoms with van der Waals surface area (Å²) in [6.07, 6.45) is -3.37. The van der Waals surface area contributed by atoms with E-state index in [1.54, 1.807) is 36.4 Å². The molecule has 1 N–H and O–H groups in total. The molecule has 0 bridgehead atoms. The number of rotatable bonds is 2. The minimum Gasteiger partial charge on any atom is -0.355 e. The van der Waals surface area contributed by atoms with Gasteiger partial charge < -0.3 is 5.32 Å². The number of nitrogens with one attached hydrogen (secondary N) is 1. The molecule has 0 aliphatic carbocycles. The fraction of sp³-hybridized carbons (Fsp3) is 0.125. The number of hydrogen-bond acceptors (Lipinski definition) is 2. The van der Waals surface area contributed by atoms with Crippen LogP contribution in [0.1, 0.15) is 10.4 Å². The van der Waals surface area contributed by atoms with Gasteiger partial charge in [-0.3, -0.25) is 4.79 Å². The second kappa shape index (κ2) is 5.42. The highest BCUT2D eigenvalue weighted by Crippen LogP contribution is 2.32. The quantitative estimate of drug-likeness (QED) is 0.785. The summed E-state index contributed by atoms with van der Waals surface area (Å²) < 4.78 is 38.8. The Morgan fingerprint density at radius 3 is 2.43 bits per heavy atom. The maximum absolute atomic E-state index is 12.9. The van der Waals surface area contributed by atoms with Gasteiger partial charge in [-0.05, 0) is 29.3 Å². The van der Waals surface area contributed by atoms with Crippen molar-refractivity contribution < 1.29 is 18.0 Å². The Morgan fingerprint density at radius 1 is 1.13 bits per heavy atom. The number of carbonyl (C=O) groups excluding carboxylic acids is 1. The Balaban J connectivity index is 2.10. The molecule has 1 heterocycles. The van der Waals surface area contributed by atoms with Gasteiger partial charge in [-0.15, -0.1) is 13.2 Å². The van der Waals surface area contributed by atoms with Crippen LogP contribution in [-0.2, 0) is 6.30 Å². The molecule has 0 saturated heterocycles. The van der Waals surface area contributed by atoms with Crippen molar-refractivity contribution in [3.8, 4) is 11.1 Å². The molecule has 7 heteroatoms. The summed E-state index contributed by atoms with van der Waals surface area (Å²) in [5.74, 6) is -0.223. The largest absolute Gasteiger partial charge is 0.505 e. The normalized spacial score (nSPS) is 11.7. The van der Waals surface area contributed by atoms with Gasteiger partial charge in [-0.2, -0.15) is 9.78 Å². The molecule has 118 valence electrons. The third-order valence-corrected chi connectivity index (χ3v) is 3.54. The number of carbonyl (C=O) groups is 1. The van der Waals surface area contributed by atoms with Crippen LogP contribution in [-0.4, -0.2) is 22.7 Å². The summed E-state index contributed by atoms with van der Waals surface area (Å²) in [5, 5.41) is 6.35. The predicted molar refractivity (Wildman–Crippen MR) is 79.9 cm³/mol. The van der Waals surface area contributed by atoms with Gasteiger partial charge in [0.25, 0.3) is 5.91 Å². The molecule has 0 spiro atoms. The van der Waals surface area contributed by atoms with Crippen LogP contribution in [0, 0.1) is 0 Å². The minimum atomic E-state index is -4.57. The van der Waals surface area contributed by atoms with Gasteiger partial charge in [0.05, 0.1) is 11.7 Å². The molecule has 3 rings (SSSR count). The van der Waals surface area contributed by atoms with E-state index in [0.29, 0.717) is 22.1 Å². The van der Waals surface area contributed by atoms with Crippen molar-refractivity contribution in [2.45, 2.75) is 6.30 Å². The SMILES string of the molecule is CNC(=O)c1ccc(-c2cccc3c2cnn3C(F)(F)F)cc1. The van der Waals surface area contributed by atoms with Crippen LogP contribution >= 0.6 is 0 Å². The lowest BCUT2D eigenvalue weighted by Crippen LogP contribution is -2.17. The average molecular weight is 319 g/mol. The standard InChI is InChI=1S/C16H12F3N3O/c1-20-15(23)11-7-5-10(6-8-11)12-3-2-4-14-13(12)9-21-22(14)16(17,18)19/h2-9H,1H3,(H,20,23). The van der Waals surface area contributed by atoms with Crippen LogP contribution in [0.3, 0.4) is 0 Å². The van der Waals surface area contributed by atoms with Crippen molar-refractivity contribution in [3.05, 3.63) is 54.2 Å². The first-order valence-electron chi connectivity index (χ1n) is 6.78. The van der Waals surface area contributed by atoms with Crippen molar-refractivity contribution in [1.82, 2.24) is 15.1 Å². The number of fused-ring (bicyclic) bond motifs is 1. The van der Waals surface area contributed by atoms with E-state index >= 15 is 0 Å². The van der Waals surface area contributed by atoms with Crippen molar-refractivity contribution in [2.75, 3.05) is 7.05 Å². The lowest BCUT2D eigenvalue weighted by molar-refractivity contribution is -0.209. The summed E-state index contributed by atoms with van der Waals surface area (Å²) in [5.41, 5.74) is 1.81. The number of nitrogens with zero attached hydrogens (tertiary/aromatic N) is 2. The number of alkyl halides is 3. The van der Waals surface area contributed by atoms with Crippen molar-refractivity contribution in [1.29, 1.82) is 0 Å². The smallest absolute Gasteiger partial charge is 0.355 e. The van der Waals surface area contributed by atoms with E-state index < -0.39 is 6.30 Å². The number of aromatic nitrogens is 2. The van der Waals surface area contributed by atoms with Crippen LogP contribution < -0.4 is 5.32 Å². The van der Waals surface area contributed by atoms with Gasteiger partial charge in [0.1, 0.15) is 0 Å². The van der Waals surface area contributed by atoms with E-state index in [-0.39, 0.29) is 16.1 Å². The van der Waals surface area contributed by atoms with Crippen molar-refractivity contribution in [2.24, 2.45) is 0 Å². The highest BCUT2D eigenvalue weighted by atomic mass is 19.4. The number of benzene rings is 2. The van der Waals surface area contributed by atoms with Gasteiger partial charge in [0.2, 0.25) is 0 Å². The maximum atomic E-state index is 12.9. The van der Waals surface area contributed by atoms with E-state index in [2.05, 4.69) is 10.4 Å². The third-order valence-electron chi connectivity index (χ3n) is 3.54. The maximum Gasteiger partial charge on any atom is 0.505 e. The second-order valence-electron chi connectivity index (χ2n) is 4.92. The summed E-state index contributed by atoms with van der Waals surface area (Å²) in [6.45, 7) is 0. The van der Waals surface area contributed by atoms with E-state index in [9.17, 15) is 18.0 Å². The Labute approximate surface area is 129 Å². The Bertz CT molecular complexity index is 866. The van der Waals surface area contributed by atoms with Crippen LogP contribution in [0.5, 0.6) is 0 Å². The van der Waals surface area contributed by atoms with Gasteiger partial charge >= 0.3 is 6.30 Å². The summed E-state index contributed by atoms with van der Waals surface area (Å²) in [6, 6.07) is 11.3. The molecular formula is C16H12F3N3O. The van der Waals surface area contributed by atoms with E-state index in [4.69, 9.17) is 0 Å². The van der Waals surface area contributed by atoms with E-state index in [0.717, 1.165) is 0 Å². The Kier molecular flexibility index (Phi) is 3.55. The van der Waals surface area contributed by atoms with Crippen LogP contribution in [0.2, 0.25) is 0 Å². The molecule has 0 aliphatic heterocycles. The second-order valence-corrected chi connectivity index (χ2v) is 4.92. The number of halogens is 3.